The number of H-pyrrole nitrogens is 1. The first-order valence-corrected chi connectivity index (χ1v) is 12.5. The second-order valence-corrected chi connectivity index (χ2v) is 9.78. The Hall–Kier alpha value is -3.30. The molecule has 9 heteroatoms. The molecule has 1 atom stereocenters. The molecule has 2 aromatic heterocycles. The molecule has 0 aliphatic carbocycles. The highest BCUT2D eigenvalue weighted by molar-refractivity contribution is 7.89. The molecule has 0 spiro atoms. The molecular formula is C25H29N3O5S. The molecule has 0 aliphatic rings. The minimum absolute atomic E-state index is 0.0639. The van der Waals surface area contributed by atoms with E-state index >= 15 is 0 Å². The lowest BCUT2D eigenvalue weighted by molar-refractivity contribution is 0.0519. The molecule has 8 nitrogen and oxygen atoms in total. The molecule has 1 aromatic carbocycles. The number of aryl methyl sites for hydroxylation is 1. The van der Waals surface area contributed by atoms with E-state index < -0.39 is 27.8 Å². The van der Waals surface area contributed by atoms with Gasteiger partial charge in [-0.25, -0.2) is 13.2 Å². The molecule has 180 valence electrons. The number of carbonyl (C=O) groups is 2. The largest absolute Gasteiger partial charge is 0.461 e. The highest BCUT2D eigenvalue weighted by atomic mass is 32.2. The Labute approximate surface area is 200 Å². The SMILES string of the molecule is CCOC(=O)c1[nH]c(C)c(C(=O)[C@@H](C)N(CCc2ccccn2)S(=O)(=O)c2ccccc2)c1C. The van der Waals surface area contributed by atoms with Crippen molar-refractivity contribution < 1.29 is 22.7 Å². The lowest BCUT2D eigenvalue weighted by atomic mass is 10.0. The third-order valence-corrected chi connectivity index (χ3v) is 7.62. The van der Waals surface area contributed by atoms with Crippen LogP contribution in [-0.4, -0.2) is 53.6 Å². The predicted molar refractivity (Wildman–Crippen MR) is 128 cm³/mol. The molecule has 0 radical (unpaired) electrons. The van der Waals surface area contributed by atoms with Crippen LogP contribution >= 0.6 is 0 Å². The van der Waals surface area contributed by atoms with Crippen LogP contribution in [0.15, 0.2) is 59.6 Å². The number of hydrogen-bond donors (Lipinski definition) is 1. The van der Waals surface area contributed by atoms with Gasteiger partial charge in [0, 0.05) is 36.1 Å². The number of aromatic nitrogens is 2. The van der Waals surface area contributed by atoms with Gasteiger partial charge in [-0.15, -0.1) is 0 Å². The summed E-state index contributed by atoms with van der Waals surface area (Å²) in [6.07, 6.45) is 1.98. The zero-order chi connectivity index (χ0) is 24.9. The fraction of sp³-hybridized carbons (Fsp3) is 0.320. The average molecular weight is 484 g/mol. The number of rotatable bonds is 10. The van der Waals surface area contributed by atoms with Crippen LogP contribution in [0.4, 0.5) is 0 Å². The number of aromatic amines is 1. The van der Waals surface area contributed by atoms with Crippen LogP contribution in [0.25, 0.3) is 0 Å². The Bertz CT molecular complexity index is 1250. The molecule has 0 saturated carbocycles. The molecule has 0 amide bonds. The standard InChI is InChI=1S/C25H29N3O5S/c1-5-33-25(30)23-17(2)22(18(3)27-23)24(29)19(4)28(16-14-20-11-9-10-15-26-20)34(31,32)21-12-7-6-8-13-21/h6-13,15,19,27H,5,14,16H2,1-4H3/t19-/m1/s1. The van der Waals surface area contributed by atoms with E-state index in [4.69, 9.17) is 4.74 Å². The van der Waals surface area contributed by atoms with Crippen LogP contribution in [-0.2, 0) is 21.2 Å². The topological polar surface area (TPSA) is 109 Å². The van der Waals surface area contributed by atoms with Crippen LogP contribution in [0.3, 0.4) is 0 Å². The van der Waals surface area contributed by atoms with Crippen LogP contribution in [0.5, 0.6) is 0 Å². The highest BCUT2D eigenvalue weighted by Crippen LogP contribution is 2.25. The zero-order valence-electron chi connectivity index (χ0n) is 19.7. The summed E-state index contributed by atoms with van der Waals surface area (Å²) in [5, 5.41) is 0. The second kappa shape index (κ2) is 10.8. The maximum absolute atomic E-state index is 13.6. The lowest BCUT2D eigenvalue weighted by Gasteiger charge is -2.28. The summed E-state index contributed by atoms with van der Waals surface area (Å²) in [6.45, 7) is 6.86. The van der Waals surface area contributed by atoms with Crippen molar-refractivity contribution in [2.24, 2.45) is 0 Å². The first kappa shape index (κ1) is 25.3. The van der Waals surface area contributed by atoms with Gasteiger partial charge >= 0.3 is 5.97 Å². The van der Waals surface area contributed by atoms with Crippen molar-refractivity contribution in [3.05, 3.63) is 82.9 Å². The van der Waals surface area contributed by atoms with Gasteiger partial charge in [0.25, 0.3) is 0 Å². The Morgan fingerprint density at radius 2 is 1.76 bits per heavy atom. The van der Waals surface area contributed by atoms with Gasteiger partial charge in [0.1, 0.15) is 5.69 Å². The molecular weight excluding hydrogens is 454 g/mol. The normalized spacial score (nSPS) is 12.5. The van der Waals surface area contributed by atoms with Crippen LogP contribution in [0.1, 0.15) is 51.6 Å². The number of benzene rings is 1. The van der Waals surface area contributed by atoms with E-state index in [1.54, 1.807) is 58.2 Å². The van der Waals surface area contributed by atoms with Gasteiger partial charge in [-0.3, -0.25) is 9.78 Å². The molecule has 3 rings (SSSR count). The van der Waals surface area contributed by atoms with Crippen LogP contribution in [0, 0.1) is 13.8 Å². The monoisotopic (exact) mass is 483 g/mol. The predicted octanol–water partition coefficient (Wildman–Crippen LogP) is 3.71. The van der Waals surface area contributed by atoms with Crippen molar-refractivity contribution in [3.8, 4) is 0 Å². The van der Waals surface area contributed by atoms with Crippen LogP contribution in [0.2, 0.25) is 0 Å². The minimum Gasteiger partial charge on any atom is -0.461 e. The molecule has 0 unspecified atom stereocenters. The molecule has 0 aliphatic heterocycles. The second-order valence-electron chi connectivity index (χ2n) is 7.89. The summed E-state index contributed by atoms with van der Waals surface area (Å²) in [5.74, 6) is -0.957. The van der Waals surface area contributed by atoms with Crippen molar-refractivity contribution in [2.75, 3.05) is 13.2 Å². The van der Waals surface area contributed by atoms with Gasteiger partial charge in [-0.2, -0.15) is 4.31 Å². The number of hydrogen-bond acceptors (Lipinski definition) is 6. The van der Waals surface area contributed by atoms with E-state index in [-0.39, 0.29) is 23.7 Å². The third kappa shape index (κ3) is 5.26. The van der Waals surface area contributed by atoms with E-state index in [2.05, 4.69) is 9.97 Å². The van der Waals surface area contributed by atoms with Crippen molar-refractivity contribution in [2.45, 2.75) is 45.1 Å². The van der Waals surface area contributed by atoms with Gasteiger partial charge in [0.15, 0.2) is 5.78 Å². The van der Waals surface area contributed by atoms with Crippen molar-refractivity contribution >= 4 is 21.8 Å². The molecule has 0 bridgehead atoms. The van der Waals surface area contributed by atoms with Gasteiger partial charge in [0.05, 0.1) is 17.5 Å². The number of pyridine rings is 1. The minimum atomic E-state index is -3.98. The first-order valence-electron chi connectivity index (χ1n) is 11.1. The van der Waals surface area contributed by atoms with E-state index in [1.807, 2.05) is 12.1 Å². The van der Waals surface area contributed by atoms with Gasteiger partial charge in [-0.05, 0) is 57.5 Å². The van der Waals surface area contributed by atoms with Crippen molar-refractivity contribution in [1.82, 2.24) is 14.3 Å². The van der Waals surface area contributed by atoms with Gasteiger partial charge < -0.3 is 9.72 Å². The quantitative estimate of drug-likeness (QED) is 0.348. The van der Waals surface area contributed by atoms with Gasteiger partial charge in [-0.1, -0.05) is 24.3 Å². The summed E-state index contributed by atoms with van der Waals surface area (Å²) in [4.78, 5) is 33.2. The summed E-state index contributed by atoms with van der Waals surface area (Å²) in [7, 11) is -3.98. The number of ketones is 1. The van der Waals surface area contributed by atoms with Crippen LogP contribution < -0.4 is 0 Å². The third-order valence-electron chi connectivity index (χ3n) is 5.64. The average Bonchev–Trinajstić information content (AvgIpc) is 3.13. The number of nitrogens with one attached hydrogen (secondary N) is 1. The molecule has 3 aromatic rings. The number of esters is 1. The Kier molecular flexibility index (Phi) is 8.01. The molecule has 0 saturated heterocycles. The van der Waals surface area contributed by atoms with Gasteiger partial charge in [0.2, 0.25) is 10.0 Å². The maximum atomic E-state index is 13.6. The fourth-order valence-electron chi connectivity index (χ4n) is 3.89. The summed E-state index contributed by atoms with van der Waals surface area (Å²) in [6, 6.07) is 12.4. The lowest BCUT2D eigenvalue weighted by Crippen LogP contribution is -2.44. The van der Waals surface area contributed by atoms with Crippen molar-refractivity contribution in [3.63, 3.8) is 0 Å². The summed E-state index contributed by atoms with van der Waals surface area (Å²) >= 11 is 0. The summed E-state index contributed by atoms with van der Waals surface area (Å²) in [5.41, 5.74) is 2.13. The molecule has 0 fully saturated rings. The zero-order valence-corrected chi connectivity index (χ0v) is 20.6. The highest BCUT2D eigenvalue weighted by Gasteiger charge is 2.35. The Morgan fingerprint density at radius 3 is 2.38 bits per heavy atom. The first-order chi connectivity index (χ1) is 16.2. The van der Waals surface area contributed by atoms with Crippen molar-refractivity contribution in [1.29, 1.82) is 0 Å². The maximum Gasteiger partial charge on any atom is 0.355 e. The number of Topliss-reactive ketones (excluding diaryl/α,β-unsaturated/α-hetero) is 1. The number of sulfonamides is 1. The van der Waals surface area contributed by atoms with E-state index in [0.29, 0.717) is 28.9 Å². The number of nitrogens with zero attached hydrogens (tertiary/aromatic N) is 2. The summed E-state index contributed by atoms with van der Waals surface area (Å²) < 4.78 is 33.4. The molecule has 2 heterocycles. The smallest absolute Gasteiger partial charge is 0.355 e. The number of ether oxygens (including phenoxy) is 1. The number of carbonyl (C=O) groups excluding carboxylic acids is 2. The van der Waals surface area contributed by atoms with E-state index in [0.717, 1.165) is 0 Å². The Balaban J connectivity index is 1.99. The molecule has 34 heavy (non-hydrogen) atoms. The van der Waals surface area contributed by atoms with E-state index in [9.17, 15) is 18.0 Å². The molecule has 1 N–H and O–H groups in total. The van der Waals surface area contributed by atoms with E-state index in [1.165, 1.54) is 16.4 Å². The fourth-order valence-corrected chi connectivity index (χ4v) is 5.50. The Morgan fingerprint density at radius 1 is 1.09 bits per heavy atom.